The molecule has 0 aliphatic heterocycles. The molecular formula is C46H62IrNO2-. The molecule has 0 unspecified atom stereocenters. The fourth-order valence-electron chi connectivity index (χ4n) is 7.96. The molecule has 0 saturated heterocycles. The molecule has 50 heavy (non-hydrogen) atoms. The third-order valence-electron chi connectivity index (χ3n) is 11.8. The van der Waals surface area contributed by atoms with Gasteiger partial charge in [-0.3, -0.25) is 9.78 Å². The number of carbonyl (C=O) groups excluding carboxylic acids is 1. The van der Waals surface area contributed by atoms with E-state index in [1.54, 1.807) is 0 Å². The number of benzene rings is 3. The molecule has 0 bridgehead atoms. The largest absolute Gasteiger partial charge is 0.512 e. The summed E-state index contributed by atoms with van der Waals surface area (Å²) >= 11 is 0. The standard InChI is InChI=1S/C33H38N.C13H24O2.Ir/c1-19-15-22-17-25-28(21(3)24(22)16-20(19)2)32(7,8)33(9,10)29-26(18-31(4,5)6)23-13-11-12-14-27(23)34-30(25)29;1-5-10(6-2)12(14)9-13(15)11(7-3)8-4;/h11-16H,18H2,1-10H3;9-11,14H,5-8H2,1-4H3;/q-1;;/b;12-9-;. The number of carbonyl (C=O) groups is 1. The average molecular weight is 853 g/mol. The van der Waals surface area contributed by atoms with Crippen LogP contribution >= 0.6 is 0 Å². The summed E-state index contributed by atoms with van der Waals surface area (Å²) in [6.07, 6.45) is 5.93. The van der Waals surface area contributed by atoms with E-state index in [1.807, 2.05) is 27.7 Å². The second-order valence-electron chi connectivity index (χ2n) is 16.8. The first-order chi connectivity index (χ1) is 22.8. The second kappa shape index (κ2) is 15.8. The van der Waals surface area contributed by atoms with Gasteiger partial charge in [-0.25, -0.2) is 0 Å². The van der Waals surface area contributed by atoms with Crippen LogP contribution in [0.5, 0.6) is 0 Å². The summed E-state index contributed by atoms with van der Waals surface area (Å²) in [4.78, 5) is 17.1. The average Bonchev–Trinajstić information content (AvgIpc) is 3.01. The fourth-order valence-corrected chi connectivity index (χ4v) is 7.96. The van der Waals surface area contributed by atoms with Crippen molar-refractivity contribution in [3.05, 3.63) is 87.7 Å². The van der Waals surface area contributed by atoms with Crippen LogP contribution in [0.2, 0.25) is 0 Å². The summed E-state index contributed by atoms with van der Waals surface area (Å²) in [5, 5.41) is 13.6. The number of aromatic nitrogens is 1. The van der Waals surface area contributed by atoms with E-state index in [9.17, 15) is 9.90 Å². The molecule has 5 rings (SSSR count). The van der Waals surface area contributed by atoms with Crippen molar-refractivity contribution < 1.29 is 30.0 Å². The van der Waals surface area contributed by atoms with E-state index < -0.39 is 0 Å². The molecule has 1 heterocycles. The van der Waals surface area contributed by atoms with Crippen LogP contribution in [-0.4, -0.2) is 15.9 Å². The van der Waals surface area contributed by atoms with E-state index in [4.69, 9.17) is 4.98 Å². The predicted molar refractivity (Wildman–Crippen MR) is 211 cm³/mol. The van der Waals surface area contributed by atoms with Crippen molar-refractivity contribution in [3.8, 4) is 11.3 Å². The molecule has 0 amide bonds. The summed E-state index contributed by atoms with van der Waals surface area (Å²) in [7, 11) is 0. The Morgan fingerprint density at radius 1 is 0.840 bits per heavy atom. The van der Waals surface area contributed by atoms with Crippen molar-refractivity contribution in [3.63, 3.8) is 0 Å². The summed E-state index contributed by atoms with van der Waals surface area (Å²) in [5.74, 6) is 0.547. The molecule has 1 aliphatic carbocycles. The molecule has 0 saturated carbocycles. The number of nitrogens with zero attached hydrogens (tertiary/aromatic N) is 1. The number of hydrogen-bond donors (Lipinski definition) is 1. The van der Waals surface area contributed by atoms with Crippen LogP contribution in [-0.2, 0) is 42.2 Å². The van der Waals surface area contributed by atoms with E-state index in [1.165, 1.54) is 61.2 Å². The Morgan fingerprint density at radius 3 is 1.94 bits per heavy atom. The number of rotatable bonds is 8. The Kier molecular flexibility index (Phi) is 13.2. The number of hydrogen-bond acceptors (Lipinski definition) is 3. The number of aryl methyl sites for hydroxylation is 3. The van der Waals surface area contributed by atoms with E-state index in [2.05, 4.69) is 112 Å². The quantitative estimate of drug-likeness (QED) is 0.109. The molecule has 3 aromatic carbocycles. The molecule has 273 valence electrons. The van der Waals surface area contributed by atoms with E-state index in [0.29, 0.717) is 0 Å². The summed E-state index contributed by atoms with van der Waals surface area (Å²) in [6.45, 7) is 31.6. The summed E-state index contributed by atoms with van der Waals surface area (Å²) in [6, 6.07) is 17.3. The number of fused-ring (bicyclic) bond motifs is 5. The zero-order valence-corrected chi connectivity index (χ0v) is 35.8. The van der Waals surface area contributed by atoms with Crippen molar-refractivity contribution in [2.24, 2.45) is 17.3 Å². The topological polar surface area (TPSA) is 50.2 Å². The SMILES string of the molecule is CCC(CC)C(=O)/C=C(\O)C(CC)CC.Cc1cc2[c-]c3c(c(C)c2cc1C)C(C)(C)C(C)(C)c1c-3nc2ccccc2c1CC(C)(C)C.[Ir]. The van der Waals surface area contributed by atoms with Gasteiger partial charge in [0.15, 0.2) is 5.78 Å². The van der Waals surface area contributed by atoms with Crippen LogP contribution < -0.4 is 0 Å². The first kappa shape index (κ1) is 41.6. The van der Waals surface area contributed by atoms with Crippen molar-refractivity contribution >= 4 is 27.5 Å². The van der Waals surface area contributed by atoms with Crippen molar-refractivity contribution in [1.29, 1.82) is 0 Å². The van der Waals surface area contributed by atoms with Crippen LogP contribution in [0.3, 0.4) is 0 Å². The van der Waals surface area contributed by atoms with Gasteiger partial charge in [0.2, 0.25) is 0 Å². The molecule has 1 radical (unpaired) electrons. The Morgan fingerprint density at radius 2 is 1.38 bits per heavy atom. The monoisotopic (exact) mass is 853 g/mol. The van der Waals surface area contributed by atoms with Gasteiger partial charge in [0.25, 0.3) is 0 Å². The number of aliphatic hydroxyl groups is 1. The minimum atomic E-state index is -0.0844. The minimum Gasteiger partial charge on any atom is -0.512 e. The second-order valence-corrected chi connectivity index (χ2v) is 16.8. The van der Waals surface area contributed by atoms with Gasteiger partial charge in [-0.15, -0.1) is 23.1 Å². The number of ketones is 1. The maximum absolute atomic E-state index is 11.7. The van der Waals surface area contributed by atoms with Gasteiger partial charge in [0.05, 0.1) is 11.3 Å². The van der Waals surface area contributed by atoms with E-state index >= 15 is 0 Å². The molecule has 4 aromatic rings. The third-order valence-corrected chi connectivity index (χ3v) is 11.8. The molecular weight excluding hydrogens is 791 g/mol. The van der Waals surface area contributed by atoms with E-state index in [-0.39, 0.29) is 59.7 Å². The number of pyridine rings is 1. The van der Waals surface area contributed by atoms with Gasteiger partial charge in [-0.05, 0) is 79.4 Å². The molecule has 4 heteroatoms. The van der Waals surface area contributed by atoms with Crippen LogP contribution in [0.25, 0.3) is 32.9 Å². The number of allylic oxidation sites excluding steroid dienone is 2. The third kappa shape index (κ3) is 7.83. The fraction of sp³-hybridized carbons (Fsp3) is 0.522. The number of aliphatic hydroxyl groups excluding tert-OH is 1. The molecule has 0 atom stereocenters. The van der Waals surface area contributed by atoms with Gasteiger partial charge >= 0.3 is 0 Å². The van der Waals surface area contributed by atoms with E-state index in [0.717, 1.165) is 43.3 Å². The van der Waals surface area contributed by atoms with Gasteiger partial charge in [0, 0.05) is 49.1 Å². The molecule has 0 spiro atoms. The minimum absolute atomic E-state index is 0. The molecule has 3 nitrogen and oxygen atoms in total. The zero-order valence-electron chi connectivity index (χ0n) is 33.4. The van der Waals surface area contributed by atoms with Crippen LogP contribution in [0.15, 0.2) is 48.2 Å². The van der Waals surface area contributed by atoms with Crippen LogP contribution in [0.1, 0.15) is 135 Å². The Bertz CT molecular complexity index is 1880. The van der Waals surface area contributed by atoms with Crippen molar-refractivity contribution in [2.45, 2.75) is 140 Å². The van der Waals surface area contributed by atoms with Crippen LogP contribution in [0, 0.1) is 44.1 Å². The van der Waals surface area contributed by atoms with Gasteiger partial charge in [0.1, 0.15) is 0 Å². The Hall–Kier alpha value is -2.81. The summed E-state index contributed by atoms with van der Waals surface area (Å²) < 4.78 is 0. The zero-order chi connectivity index (χ0) is 36.6. The van der Waals surface area contributed by atoms with Gasteiger partial charge < -0.3 is 5.11 Å². The van der Waals surface area contributed by atoms with Crippen molar-refractivity contribution in [1.82, 2.24) is 4.98 Å². The Balaban J connectivity index is 0.000000361. The van der Waals surface area contributed by atoms with Gasteiger partial charge in [-0.2, -0.15) is 0 Å². The summed E-state index contributed by atoms with van der Waals surface area (Å²) in [5.41, 5.74) is 11.8. The predicted octanol–water partition coefficient (Wildman–Crippen LogP) is 12.8. The molecule has 1 aromatic heterocycles. The van der Waals surface area contributed by atoms with Gasteiger partial charge in [-0.1, -0.05) is 135 Å². The first-order valence-corrected chi connectivity index (χ1v) is 18.7. The molecule has 1 aliphatic rings. The smallest absolute Gasteiger partial charge is 0.162 e. The van der Waals surface area contributed by atoms with Crippen molar-refractivity contribution in [2.75, 3.05) is 0 Å². The maximum Gasteiger partial charge on any atom is 0.162 e. The normalized spacial score (nSPS) is 15.0. The van der Waals surface area contributed by atoms with Crippen LogP contribution in [0.4, 0.5) is 0 Å². The molecule has 0 fully saturated rings. The number of para-hydroxylation sites is 1. The molecule has 1 N–H and O–H groups in total. The maximum atomic E-state index is 11.7. The first-order valence-electron chi connectivity index (χ1n) is 18.7. The Labute approximate surface area is 317 Å².